The number of nitrogens with zero attached hydrogens (tertiary/aromatic N) is 2. The molecule has 0 aliphatic rings. The Morgan fingerprint density at radius 2 is 1.95 bits per heavy atom. The number of guanidine groups is 1. The molecule has 1 heterocycles. The Bertz CT molecular complexity index is 572. The van der Waals surface area contributed by atoms with Crippen molar-refractivity contribution in [1.82, 2.24) is 15.8 Å². The van der Waals surface area contributed by atoms with Crippen LogP contribution in [-0.2, 0) is 29.2 Å². The van der Waals surface area contributed by atoms with Crippen LogP contribution in [-0.4, -0.2) is 44.6 Å². The number of nitrogens with one attached hydrogen (secondary N) is 2. The molecule has 126 valence electrons. The van der Waals surface area contributed by atoms with Crippen LogP contribution in [0.2, 0.25) is 0 Å². The monoisotopic (exact) mass is 330 g/mol. The molecule has 0 unspecified atom stereocenters. The van der Waals surface area contributed by atoms with Crippen LogP contribution in [0.5, 0.6) is 0 Å². The van der Waals surface area contributed by atoms with Crippen molar-refractivity contribution < 1.29 is 12.9 Å². The number of aliphatic imine (C=N–C) groups is 1. The van der Waals surface area contributed by atoms with Crippen molar-refractivity contribution >= 4 is 15.8 Å². The molecule has 0 spiro atoms. The lowest BCUT2D eigenvalue weighted by molar-refractivity contribution is 0.380. The third kappa shape index (κ3) is 5.32. The second-order valence-electron chi connectivity index (χ2n) is 4.83. The Labute approximate surface area is 132 Å². The van der Waals surface area contributed by atoms with Crippen molar-refractivity contribution in [1.29, 1.82) is 0 Å². The molecule has 0 saturated heterocycles. The van der Waals surface area contributed by atoms with Crippen molar-refractivity contribution in [2.75, 3.05) is 25.1 Å². The first-order valence-corrected chi connectivity index (χ1v) is 9.40. The highest BCUT2D eigenvalue weighted by molar-refractivity contribution is 7.91. The van der Waals surface area contributed by atoms with Gasteiger partial charge < -0.3 is 15.2 Å². The van der Waals surface area contributed by atoms with E-state index < -0.39 is 9.84 Å². The smallest absolute Gasteiger partial charge is 0.191 e. The van der Waals surface area contributed by atoms with Crippen LogP contribution in [0.15, 0.2) is 9.52 Å². The van der Waals surface area contributed by atoms with Crippen LogP contribution in [0.1, 0.15) is 37.8 Å². The van der Waals surface area contributed by atoms with Gasteiger partial charge >= 0.3 is 0 Å². The van der Waals surface area contributed by atoms with Gasteiger partial charge in [-0.05, 0) is 6.42 Å². The summed E-state index contributed by atoms with van der Waals surface area (Å²) < 4.78 is 28.2. The van der Waals surface area contributed by atoms with Crippen LogP contribution in [0.3, 0.4) is 0 Å². The van der Waals surface area contributed by atoms with Crippen LogP contribution in [0, 0.1) is 0 Å². The van der Waals surface area contributed by atoms with E-state index in [2.05, 4.69) is 20.8 Å². The fourth-order valence-electron chi connectivity index (χ4n) is 2.00. The Morgan fingerprint density at radius 1 is 1.23 bits per heavy atom. The fourth-order valence-corrected chi connectivity index (χ4v) is 2.70. The molecule has 0 fully saturated rings. The molecule has 7 nitrogen and oxygen atoms in total. The Kier molecular flexibility index (Phi) is 7.37. The summed E-state index contributed by atoms with van der Waals surface area (Å²) in [7, 11) is -1.32. The van der Waals surface area contributed by atoms with E-state index in [4.69, 9.17) is 4.52 Å². The first-order chi connectivity index (χ1) is 10.5. The Morgan fingerprint density at radius 3 is 2.50 bits per heavy atom. The van der Waals surface area contributed by atoms with E-state index in [-0.39, 0.29) is 11.5 Å². The molecular weight excluding hydrogens is 304 g/mol. The van der Waals surface area contributed by atoms with Crippen molar-refractivity contribution in [2.24, 2.45) is 4.99 Å². The summed E-state index contributed by atoms with van der Waals surface area (Å²) in [6, 6.07) is 0. The second kappa shape index (κ2) is 8.77. The highest BCUT2D eigenvalue weighted by atomic mass is 32.2. The van der Waals surface area contributed by atoms with Gasteiger partial charge in [-0.25, -0.2) is 8.42 Å². The standard InChI is InChI=1S/C14H26N4O3S/c1-5-12-11(13(6-2)21-18-12)10-17-14(15-4)16-8-9-22(19,20)7-3/h5-10H2,1-4H3,(H2,15,16,17). The van der Waals surface area contributed by atoms with Crippen LogP contribution >= 0.6 is 0 Å². The highest BCUT2D eigenvalue weighted by Gasteiger charge is 2.14. The number of sulfone groups is 1. The zero-order valence-corrected chi connectivity index (χ0v) is 14.6. The summed E-state index contributed by atoms with van der Waals surface area (Å²) in [5.41, 5.74) is 1.99. The van der Waals surface area contributed by atoms with Crippen molar-refractivity contribution in [3.8, 4) is 0 Å². The molecule has 2 N–H and O–H groups in total. The molecule has 1 aromatic heterocycles. The minimum Gasteiger partial charge on any atom is -0.361 e. The molecule has 0 aliphatic heterocycles. The average Bonchev–Trinajstić information content (AvgIpc) is 2.92. The Hall–Kier alpha value is -1.57. The molecule has 0 saturated carbocycles. The summed E-state index contributed by atoms with van der Waals surface area (Å²) in [5, 5.41) is 10.2. The van der Waals surface area contributed by atoms with Crippen molar-refractivity contribution in [2.45, 2.75) is 40.2 Å². The minimum absolute atomic E-state index is 0.0951. The zero-order valence-electron chi connectivity index (χ0n) is 13.8. The quantitative estimate of drug-likeness (QED) is 0.543. The van der Waals surface area contributed by atoms with Gasteiger partial charge in [-0.2, -0.15) is 0 Å². The molecule has 0 radical (unpaired) electrons. The summed E-state index contributed by atoms with van der Waals surface area (Å²) in [4.78, 5) is 4.09. The summed E-state index contributed by atoms with van der Waals surface area (Å²) in [6.07, 6.45) is 1.59. The molecule has 22 heavy (non-hydrogen) atoms. The molecule has 0 bridgehead atoms. The zero-order chi connectivity index (χ0) is 16.6. The molecule has 0 amide bonds. The van der Waals surface area contributed by atoms with Gasteiger partial charge in [0, 0.05) is 37.9 Å². The number of hydrogen-bond acceptors (Lipinski definition) is 5. The maximum absolute atomic E-state index is 11.5. The van der Waals surface area contributed by atoms with Gasteiger partial charge in [0.25, 0.3) is 0 Å². The van der Waals surface area contributed by atoms with Crippen LogP contribution in [0.25, 0.3) is 0 Å². The van der Waals surface area contributed by atoms with Gasteiger partial charge in [0.2, 0.25) is 0 Å². The summed E-state index contributed by atoms with van der Waals surface area (Å²) in [6.45, 7) is 6.58. The van der Waals surface area contributed by atoms with Gasteiger partial charge in [0.15, 0.2) is 15.8 Å². The van der Waals surface area contributed by atoms with Crippen LogP contribution < -0.4 is 10.6 Å². The van der Waals surface area contributed by atoms with Gasteiger partial charge in [0.1, 0.15) is 5.76 Å². The molecule has 0 aromatic carbocycles. The molecule has 1 rings (SSSR count). The fraction of sp³-hybridized carbons (Fsp3) is 0.714. The maximum Gasteiger partial charge on any atom is 0.191 e. The first kappa shape index (κ1) is 18.5. The first-order valence-electron chi connectivity index (χ1n) is 7.58. The number of aryl methyl sites for hydroxylation is 2. The number of aromatic nitrogens is 1. The van der Waals surface area contributed by atoms with E-state index in [0.717, 1.165) is 29.9 Å². The molecule has 1 aromatic rings. The SMILES string of the molecule is CCc1noc(CC)c1CNC(=NC)NCCS(=O)(=O)CC. The molecule has 8 heteroatoms. The lowest BCUT2D eigenvalue weighted by Crippen LogP contribution is -2.39. The predicted octanol–water partition coefficient (Wildman–Crippen LogP) is 0.899. The van der Waals surface area contributed by atoms with Crippen LogP contribution in [0.4, 0.5) is 0 Å². The average molecular weight is 330 g/mol. The normalized spacial score (nSPS) is 12.5. The lowest BCUT2D eigenvalue weighted by atomic mass is 10.1. The van der Waals surface area contributed by atoms with E-state index in [9.17, 15) is 8.42 Å². The topological polar surface area (TPSA) is 96.6 Å². The maximum atomic E-state index is 11.5. The van der Waals surface area contributed by atoms with Gasteiger partial charge in [-0.15, -0.1) is 0 Å². The van der Waals surface area contributed by atoms with Gasteiger partial charge in [-0.3, -0.25) is 4.99 Å². The highest BCUT2D eigenvalue weighted by Crippen LogP contribution is 2.15. The molecule has 0 aliphatic carbocycles. The summed E-state index contributed by atoms with van der Waals surface area (Å²) in [5.74, 6) is 1.68. The second-order valence-corrected chi connectivity index (χ2v) is 7.30. The number of hydrogen-bond donors (Lipinski definition) is 2. The summed E-state index contributed by atoms with van der Waals surface area (Å²) >= 11 is 0. The van der Waals surface area contributed by atoms with Crippen molar-refractivity contribution in [3.63, 3.8) is 0 Å². The molecule has 0 atom stereocenters. The van der Waals surface area contributed by atoms with E-state index in [1.165, 1.54) is 0 Å². The lowest BCUT2D eigenvalue weighted by Gasteiger charge is -2.12. The van der Waals surface area contributed by atoms with Gasteiger partial charge in [-0.1, -0.05) is 25.9 Å². The Balaban J connectivity index is 2.56. The predicted molar refractivity (Wildman–Crippen MR) is 87.8 cm³/mol. The third-order valence-electron chi connectivity index (χ3n) is 3.41. The number of rotatable bonds is 8. The minimum atomic E-state index is -2.97. The third-order valence-corrected chi connectivity index (χ3v) is 5.11. The molecular formula is C14H26N4O3S. The van der Waals surface area contributed by atoms with E-state index in [1.54, 1.807) is 14.0 Å². The largest absolute Gasteiger partial charge is 0.361 e. The van der Waals surface area contributed by atoms with E-state index in [0.29, 0.717) is 19.0 Å². The van der Waals surface area contributed by atoms with Gasteiger partial charge in [0.05, 0.1) is 11.4 Å². The van der Waals surface area contributed by atoms with Crippen molar-refractivity contribution in [3.05, 3.63) is 17.0 Å². The van der Waals surface area contributed by atoms with E-state index >= 15 is 0 Å². The van der Waals surface area contributed by atoms with E-state index in [1.807, 2.05) is 13.8 Å².